The van der Waals surface area contributed by atoms with Crippen LogP contribution in [0.15, 0.2) is 42.5 Å². The number of anilines is 1. The number of para-hydroxylation sites is 2. The molecule has 20 heavy (non-hydrogen) atoms. The highest BCUT2D eigenvalue weighted by Crippen LogP contribution is 2.24. The van der Waals surface area contributed by atoms with Crippen molar-refractivity contribution in [2.45, 2.75) is 6.92 Å². The van der Waals surface area contributed by atoms with Crippen molar-refractivity contribution in [2.75, 3.05) is 5.32 Å². The molecule has 2 rings (SSSR count). The summed E-state index contributed by atoms with van der Waals surface area (Å²) >= 11 is 5.83. The van der Waals surface area contributed by atoms with Gasteiger partial charge in [-0.15, -0.1) is 0 Å². The monoisotopic (exact) mass is 290 g/mol. The molecule has 0 spiro atoms. The van der Waals surface area contributed by atoms with E-state index in [1.807, 2.05) is 0 Å². The molecule has 0 aliphatic rings. The first-order chi connectivity index (χ1) is 9.49. The minimum absolute atomic E-state index is 0.146. The van der Waals surface area contributed by atoms with Gasteiger partial charge in [0.25, 0.3) is 11.6 Å². The fourth-order valence-electron chi connectivity index (χ4n) is 1.81. The van der Waals surface area contributed by atoms with Gasteiger partial charge in [-0.3, -0.25) is 14.9 Å². The van der Waals surface area contributed by atoms with Gasteiger partial charge in [-0.05, 0) is 36.8 Å². The molecular weight excluding hydrogens is 280 g/mol. The van der Waals surface area contributed by atoms with E-state index in [4.69, 9.17) is 11.6 Å². The maximum absolute atomic E-state index is 12.1. The molecule has 0 aliphatic carbocycles. The van der Waals surface area contributed by atoms with Gasteiger partial charge in [-0.25, -0.2) is 0 Å². The zero-order valence-corrected chi connectivity index (χ0v) is 11.3. The van der Waals surface area contributed by atoms with Crippen LogP contribution in [0.5, 0.6) is 0 Å². The summed E-state index contributed by atoms with van der Waals surface area (Å²) in [6.45, 7) is 1.75. The molecule has 6 heteroatoms. The first-order valence-corrected chi connectivity index (χ1v) is 6.18. The number of hydrogen-bond donors (Lipinski definition) is 1. The Morgan fingerprint density at radius 2 is 1.95 bits per heavy atom. The lowest BCUT2D eigenvalue weighted by molar-refractivity contribution is -0.383. The van der Waals surface area contributed by atoms with Gasteiger partial charge in [0, 0.05) is 16.7 Å². The summed E-state index contributed by atoms with van der Waals surface area (Å²) in [6.07, 6.45) is 0. The molecule has 0 aromatic heterocycles. The highest BCUT2D eigenvalue weighted by atomic mass is 35.5. The Bertz CT molecular complexity index is 686. The fourth-order valence-corrected chi connectivity index (χ4v) is 2.04. The quantitative estimate of drug-likeness (QED) is 0.690. The Morgan fingerprint density at radius 3 is 2.60 bits per heavy atom. The van der Waals surface area contributed by atoms with Crippen LogP contribution in [0.1, 0.15) is 15.9 Å². The number of carbonyl (C=O) groups is 1. The number of nitro benzene ring substituents is 1. The number of nitro groups is 1. The van der Waals surface area contributed by atoms with Gasteiger partial charge in [-0.2, -0.15) is 0 Å². The van der Waals surface area contributed by atoms with E-state index < -0.39 is 10.8 Å². The molecule has 0 heterocycles. The van der Waals surface area contributed by atoms with Crippen LogP contribution in [0.2, 0.25) is 5.02 Å². The lowest BCUT2D eigenvalue weighted by atomic mass is 10.1. The molecule has 0 atom stereocenters. The largest absolute Gasteiger partial charge is 0.316 e. The lowest BCUT2D eigenvalue weighted by Crippen LogP contribution is -2.14. The van der Waals surface area contributed by atoms with Crippen LogP contribution in [0.3, 0.4) is 0 Å². The summed E-state index contributed by atoms with van der Waals surface area (Å²) in [4.78, 5) is 22.5. The van der Waals surface area contributed by atoms with Crippen LogP contribution in [0.25, 0.3) is 0 Å². The highest BCUT2D eigenvalue weighted by molar-refractivity contribution is 6.30. The van der Waals surface area contributed by atoms with E-state index in [1.165, 1.54) is 12.1 Å². The Balaban J connectivity index is 2.30. The summed E-state index contributed by atoms with van der Waals surface area (Å²) < 4.78 is 0. The van der Waals surface area contributed by atoms with E-state index in [2.05, 4.69) is 5.32 Å². The molecule has 0 aliphatic heterocycles. The second-order valence-corrected chi connectivity index (χ2v) is 4.62. The molecule has 102 valence electrons. The van der Waals surface area contributed by atoms with E-state index in [0.717, 1.165) is 0 Å². The van der Waals surface area contributed by atoms with Crippen LogP contribution in [-0.2, 0) is 0 Å². The molecular formula is C14H11ClN2O3. The van der Waals surface area contributed by atoms with Gasteiger partial charge in [0.15, 0.2) is 0 Å². The van der Waals surface area contributed by atoms with Gasteiger partial charge in [0.2, 0.25) is 0 Å². The van der Waals surface area contributed by atoms with Crippen molar-refractivity contribution >= 4 is 28.9 Å². The van der Waals surface area contributed by atoms with E-state index in [0.29, 0.717) is 16.1 Å². The maximum atomic E-state index is 12.1. The lowest BCUT2D eigenvalue weighted by Gasteiger charge is -2.08. The second-order valence-electron chi connectivity index (χ2n) is 4.19. The summed E-state index contributed by atoms with van der Waals surface area (Å²) in [7, 11) is 0. The molecule has 2 aromatic rings. The van der Waals surface area contributed by atoms with Crippen molar-refractivity contribution in [1.82, 2.24) is 0 Å². The second kappa shape index (κ2) is 5.71. The number of benzene rings is 2. The molecule has 0 bridgehead atoms. The highest BCUT2D eigenvalue weighted by Gasteiger charge is 2.16. The van der Waals surface area contributed by atoms with Crippen LogP contribution < -0.4 is 5.32 Å². The summed E-state index contributed by atoms with van der Waals surface area (Å²) in [5.41, 5.74) is 1.14. The Labute approximate surface area is 120 Å². The molecule has 2 aromatic carbocycles. The van der Waals surface area contributed by atoms with Gasteiger partial charge < -0.3 is 5.32 Å². The third-order valence-corrected chi connectivity index (χ3v) is 3.02. The number of hydrogen-bond acceptors (Lipinski definition) is 3. The van der Waals surface area contributed by atoms with Crippen LogP contribution in [0.4, 0.5) is 11.4 Å². The van der Waals surface area contributed by atoms with Crippen molar-refractivity contribution in [3.63, 3.8) is 0 Å². The van der Waals surface area contributed by atoms with Crippen LogP contribution in [-0.4, -0.2) is 10.8 Å². The van der Waals surface area contributed by atoms with Gasteiger partial charge in [0.1, 0.15) is 5.69 Å². The molecule has 0 fully saturated rings. The molecule has 0 radical (unpaired) electrons. The Kier molecular flexibility index (Phi) is 4.00. The number of nitrogens with zero attached hydrogens (tertiary/aromatic N) is 1. The average molecular weight is 291 g/mol. The fraction of sp³-hybridized carbons (Fsp3) is 0.0714. The average Bonchev–Trinajstić information content (AvgIpc) is 2.38. The molecule has 0 saturated heterocycles. The van der Waals surface area contributed by atoms with Gasteiger partial charge in [0.05, 0.1) is 4.92 Å². The summed E-state index contributed by atoms with van der Waals surface area (Å²) in [5, 5.41) is 14.0. The van der Waals surface area contributed by atoms with Crippen molar-refractivity contribution in [2.24, 2.45) is 0 Å². The summed E-state index contributed by atoms with van der Waals surface area (Å²) in [6, 6.07) is 10.8. The van der Waals surface area contributed by atoms with Gasteiger partial charge in [-0.1, -0.05) is 23.7 Å². The standard InChI is InChI=1S/C14H11ClN2O3/c1-9-8-10(15)6-7-11(9)14(18)16-12-4-2-3-5-13(12)17(19)20/h2-8H,1H3,(H,16,18). The van der Waals surface area contributed by atoms with E-state index >= 15 is 0 Å². The number of rotatable bonds is 3. The van der Waals surface area contributed by atoms with Gasteiger partial charge >= 0.3 is 0 Å². The molecule has 1 N–H and O–H groups in total. The molecule has 1 amide bonds. The Morgan fingerprint density at radius 1 is 1.25 bits per heavy atom. The minimum Gasteiger partial charge on any atom is -0.316 e. The number of halogens is 1. The normalized spacial score (nSPS) is 10.1. The third-order valence-electron chi connectivity index (χ3n) is 2.78. The van der Waals surface area contributed by atoms with Crippen molar-refractivity contribution in [3.8, 4) is 0 Å². The molecule has 5 nitrogen and oxygen atoms in total. The predicted molar refractivity (Wildman–Crippen MR) is 77.2 cm³/mol. The first-order valence-electron chi connectivity index (χ1n) is 5.80. The maximum Gasteiger partial charge on any atom is 0.292 e. The SMILES string of the molecule is Cc1cc(Cl)ccc1C(=O)Nc1ccccc1[N+](=O)[O-]. The van der Waals surface area contributed by atoms with Crippen molar-refractivity contribution < 1.29 is 9.72 Å². The predicted octanol–water partition coefficient (Wildman–Crippen LogP) is 3.81. The third kappa shape index (κ3) is 2.95. The van der Waals surface area contributed by atoms with E-state index in [-0.39, 0.29) is 11.4 Å². The zero-order valence-electron chi connectivity index (χ0n) is 10.6. The summed E-state index contributed by atoms with van der Waals surface area (Å²) in [5.74, 6) is -0.409. The van der Waals surface area contributed by atoms with Crippen molar-refractivity contribution in [3.05, 3.63) is 68.7 Å². The van der Waals surface area contributed by atoms with E-state index in [1.54, 1.807) is 37.3 Å². The molecule has 0 unspecified atom stereocenters. The number of amides is 1. The minimum atomic E-state index is -0.537. The zero-order chi connectivity index (χ0) is 14.7. The smallest absolute Gasteiger partial charge is 0.292 e. The van der Waals surface area contributed by atoms with Crippen LogP contribution in [0, 0.1) is 17.0 Å². The Hall–Kier alpha value is -2.40. The molecule has 0 saturated carbocycles. The first kappa shape index (κ1) is 14.0. The van der Waals surface area contributed by atoms with Crippen LogP contribution >= 0.6 is 11.6 Å². The van der Waals surface area contributed by atoms with Crippen molar-refractivity contribution in [1.29, 1.82) is 0 Å². The number of aryl methyl sites for hydroxylation is 1. The van der Waals surface area contributed by atoms with E-state index in [9.17, 15) is 14.9 Å². The number of carbonyl (C=O) groups excluding carboxylic acids is 1. The topological polar surface area (TPSA) is 72.2 Å². The number of nitrogens with one attached hydrogen (secondary N) is 1.